The number of halogens is 1. The Morgan fingerprint density at radius 2 is 2.04 bits per heavy atom. The van der Waals surface area contributed by atoms with Gasteiger partial charge >= 0.3 is 0 Å². The van der Waals surface area contributed by atoms with Crippen molar-refractivity contribution in [1.82, 2.24) is 4.90 Å². The van der Waals surface area contributed by atoms with Crippen LogP contribution in [0.3, 0.4) is 0 Å². The number of nitrogens with zero attached hydrogens (tertiary/aromatic N) is 1. The highest BCUT2D eigenvalue weighted by molar-refractivity contribution is 5.86. The maximum absolute atomic E-state index is 14.3. The maximum Gasteiger partial charge on any atom is 0.200 e. The Morgan fingerprint density at radius 3 is 2.82 bits per heavy atom. The van der Waals surface area contributed by atoms with Crippen molar-refractivity contribution in [3.8, 4) is 16.9 Å². The molecule has 0 radical (unpaired) electrons. The second kappa shape index (κ2) is 7.73. The van der Waals surface area contributed by atoms with Crippen molar-refractivity contribution in [3.05, 3.63) is 63.8 Å². The average molecular weight is 383 g/mol. The Bertz CT molecular complexity index is 1080. The van der Waals surface area contributed by atoms with Crippen LogP contribution in [0.2, 0.25) is 0 Å². The molecule has 0 aliphatic carbocycles. The highest BCUT2D eigenvalue weighted by atomic mass is 19.1. The lowest BCUT2D eigenvalue weighted by Crippen LogP contribution is -2.33. The van der Waals surface area contributed by atoms with Crippen molar-refractivity contribution in [1.29, 1.82) is 0 Å². The van der Waals surface area contributed by atoms with Crippen LogP contribution in [-0.2, 0) is 11.3 Å². The van der Waals surface area contributed by atoms with Crippen molar-refractivity contribution in [2.45, 2.75) is 19.9 Å². The summed E-state index contributed by atoms with van der Waals surface area (Å²) in [5.74, 6) is 0.673. The van der Waals surface area contributed by atoms with Crippen molar-refractivity contribution < 1.29 is 18.3 Å². The molecule has 3 aromatic rings. The largest absolute Gasteiger partial charge is 0.478 e. The molecule has 0 N–H and O–H groups in total. The van der Waals surface area contributed by atoms with Crippen LogP contribution in [0, 0.1) is 12.7 Å². The summed E-state index contributed by atoms with van der Waals surface area (Å²) < 4.78 is 31.3. The fourth-order valence-corrected chi connectivity index (χ4v) is 3.67. The summed E-state index contributed by atoms with van der Waals surface area (Å²) in [4.78, 5) is 15.3. The molecule has 2 aromatic carbocycles. The molecule has 0 fully saturated rings. The molecule has 4 rings (SSSR count). The minimum atomic E-state index is -0.442. The third kappa shape index (κ3) is 3.30. The number of fused-ring (bicyclic) bond motifs is 3. The predicted octanol–water partition coefficient (Wildman–Crippen LogP) is 4.10. The molecule has 2 heterocycles. The van der Waals surface area contributed by atoms with Gasteiger partial charge in [-0.2, -0.15) is 0 Å². The summed E-state index contributed by atoms with van der Waals surface area (Å²) in [7, 11) is 1.68. The van der Waals surface area contributed by atoms with Gasteiger partial charge in [0.15, 0.2) is 0 Å². The van der Waals surface area contributed by atoms with Gasteiger partial charge in [0.1, 0.15) is 29.6 Å². The molecule has 28 heavy (non-hydrogen) atoms. The van der Waals surface area contributed by atoms with E-state index in [9.17, 15) is 9.18 Å². The van der Waals surface area contributed by atoms with Gasteiger partial charge in [-0.1, -0.05) is 18.2 Å². The second-order valence-electron chi connectivity index (χ2n) is 6.93. The molecule has 1 aliphatic rings. The lowest BCUT2D eigenvalue weighted by Gasteiger charge is -2.29. The summed E-state index contributed by atoms with van der Waals surface area (Å²) in [5.41, 5.74) is 1.64. The summed E-state index contributed by atoms with van der Waals surface area (Å²) >= 11 is 0. The summed E-state index contributed by atoms with van der Waals surface area (Å²) in [6.07, 6.45) is 0.889. The van der Waals surface area contributed by atoms with Crippen LogP contribution in [0.5, 0.6) is 5.75 Å². The highest BCUT2D eigenvalue weighted by Crippen LogP contribution is 2.34. The average Bonchev–Trinajstić information content (AvgIpc) is 2.69. The van der Waals surface area contributed by atoms with E-state index < -0.39 is 5.82 Å². The summed E-state index contributed by atoms with van der Waals surface area (Å²) in [6, 6.07) is 9.74. The molecule has 0 unspecified atom stereocenters. The molecule has 0 saturated heterocycles. The lowest BCUT2D eigenvalue weighted by molar-refractivity contribution is 0.0838. The van der Waals surface area contributed by atoms with Crippen LogP contribution >= 0.6 is 0 Å². The molecule has 146 valence electrons. The molecule has 0 amide bonds. The van der Waals surface area contributed by atoms with Gasteiger partial charge in [-0.25, -0.2) is 4.39 Å². The van der Waals surface area contributed by atoms with Gasteiger partial charge in [-0.3, -0.25) is 9.69 Å². The van der Waals surface area contributed by atoms with Crippen molar-refractivity contribution in [3.63, 3.8) is 0 Å². The van der Waals surface area contributed by atoms with Crippen LogP contribution in [0.1, 0.15) is 17.7 Å². The van der Waals surface area contributed by atoms with Crippen LogP contribution in [0.4, 0.5) is 4.39 Å². The van der Waals surface area contributed by atoms with Crippen LogP contribution < -0.4 is 10.2 Å². The van der Waals surface area contributed by atoms with Gasteiger partial charge in [0.2, 0.25) is 5.43 Å². The van der Waals surface area contributed by atoms with Gasteiger partial charge in [-0.05, 0) is 31.5 Å². The second-order valence-corrected chi connectivity index (χ2v) is 6.93. The zero-order valence-electron chi connectivity index (χ0n) is 16.0. The van der Waals surface area contributed by atoms with Gasteiger partial charge < -0.3 is 13.9 Å². The van der Waals surface area contributed by atoms with E-state index in [2.05, 4.69) is 4.90 Å². The molecular formula is C22H22FNO4. The third-order valence-corrected chi connectivity index (χ3v) is 5.05. The van der Waals surface area contributed by atoms with Crippen LogP contribution in [0.25, 0.3) is 22.1 Å². The van der Waals surface area contributed by atoms with E-state index in [1.54, 1.807) is 44.4 Å². The number of hydrogen-bond acceptors (Lipinski definition) is 5. The Labute approximate surface area is 162 Å². The van der Waals surface area contributed by atoms with Crippen molar-refractivity contribution in [2.75, 3.05) is 27.0 Å². The van der Waals surface area contributed by atoms with Crippen molar-refractivity contribution in [2.24, 2.45) is 0 Å². The monoisotopic (exact) mass is 383 g/mol. The molecule has 0 bridgehead atoms. The summed E-state index contributed by atoms with van der Waals surface area (Å²) in [5, 5.41) is 0.435. The molecule has 1 aliphatic heterocycles. The number of rotatable bonds is 5. The van der Waals surface area contributed by atoms with E-state index >= 15 is 0 Å². The highest BCUT2D eigenvalue weighted by Gasteiger charge is 2.24. The first kappa shape index (κ1) is 18.7. The van der Waals surface area contributed by atoms with Crippen LogP contribution in [0.15, 0.2) is 45.6 Å². The first-order valence-corrected chi connectivity index (χ1v) is 9.28. The summed E-state index contributed by atoms with van der Waals surface area (Å²) in [6.45, 7) is 4.30. The number of ether oxygens (including phenoxy) is 2. The minimum Gasteiger partial charge on any atom is -0.478 e. The first-order valence-electron chi connectivity index (χ1n) is 9.28. The Hall–Kier alpha value is -2.70. The molecule has 1 aromatic heterocycles. The van der Waals surface area contributed by atoms with Crippen molar-refractivity contribution >= 4 is 11.0 Å². The van der Waals surface area contributed by atoms with Crippen LogP contribution in [-0.4, -0.2) is 31.9 Å². The van der Waals surface area contributed by atoms with Gasteiger partial charge in [0.25, 0.3) is 0 Å². The van der Waals surface area contributed by atoms with E-state index in [1.807, 2.05) is 0 Å². The molecular weight excluding hydrogens is 361 g/mol. The van der Waals surface area contributed by atoms with E-state index in [1.165, 1.54) is 6.07 Å². The third-order valence-electron chi connectivity index (χ3n) is 5.05. The normalized spacial score (nSPS) is 14.1. The minimum absolute atomic E-state index is 0.233. The van der Waals surface area contributed by atoms with E-state index in [4.69, 9.17) is 13.9 Å². The first-order chi connectivity index (χ1) is 13.6. The molecule has 0 atom stereocenters. The quantitative estimate of drug-likeness (QED) is 0.621. The zero-order chi connectivity index (χ0) is 19.7. The number of aryl methyl sites for hydroxylation is 1. The number of methoxy groups -OCH3 is 1. The Kier molecular flexibility index (Phi) is 5.15. The van der Waals surface area contributed by atoms with Gasteiger partial charge in [0.05, 0.1) is 16.5 Å². The molecule has 0 saturated carbocycles. The molecule has 6 heteroatoms. The van der Waals surface area contributed by atoms with E-state index in [0.717, 1.165) is 24.3 Å². The predicted molar refractivity (Wildman–Crippen MR) is 105 cm³/mol. The maximum atomic E-state index is 14.3. The van der Waals surface area contributed by atoms with Gasteiger partial charge in [-0.15, -0.1) is 0 Å². The van der Waals surface area contributed by atoms with E-state index in [0.29, 0.717) is 36.6 Å². The fraction of sp³-hybridized carbons (Fsp3) is 0.318. The standard InChI is InChI=1S/C22H22FNO4/c1-14-20(15-6-3-4-7-18(15)23)21(25)16-8-9-19-17(22(16)28-14)12-24(13-27-19)10-5-11-26-2/h3-4,6-9H,5,10-13H2,1-2H3. The number of hydrogen-bond donors (Lipinski definition) is 0. The molecule has 5 nitrogen and oxygen atoms in total. The smallest absolute Gasteiger partial charge is 0.200 e. The van der Waals surface area contributed by atoms with Gasteiger partial charge in [0, 0.05) is 32.4 Å². The fourth-order valence-electron chi connectivity index (χ4n) is 3.67. The topological polar surface area (TPSA) is 51.9 Å². The Morgan fingerprint density at radius 1 is 1.21 bits per heavy atom. The SMILES string of the molecule is COCCCN1COc2ccc3c(=O)c(-c4ccccc4F)c(C)oc3c2C1. The number of benzene rings is 2. The lowest BCUT2D eigenvalue weighted by atomic mass is 10.00. The van der Waals surface area contributed by atoms with E-state index in [-0.39, 0.29) is 16.6 Å². The Balaban J connectivity index is 1.80. The molecule has 0 spiro atoms. The zero-order valence-corrected chi connectivity index (χ0v) is 16.0.